The summed E-state index contributed by atoms with van der Waals surface area (Å²) in [6.07, 6.45) is 3.01. The first-order valence-corrected chi connectivity index (χ1v) is 12.2. The normalized spacial score (nSPS) is 12.2. The van der Waals surface area contributed by atoms with Gasteiger partial charge in [-0.05, 0) is 36.4 Å². The molecule has 1 amide bonds. The van der Waals surface area contributed by atoms with Crippen molar-refractivity contribution in [3.8, 4) is 11.5 Å². The lowest BCUT2D eigenvalue weighted by atomic mass is 10.2. The highest BCUT2D eigenvalue weighted by Crippen LogP contribution is 2.34. The van der Waals surface area contributed by atoms with E-state index in [2.05, 4.69) is 18.2 Å². The zero-order valence-corrected chi connectivity index (χ0v) is 20.3. The van der Waals surface area contributed by atoms with Gasteiger partial charge in [-0.25, -0.2) is 8.42 Å². The number of carbonyl (C=O) groups is 1. The van der Waals surface area contributed by atoms with Gasteiger partial charge in [0.05, 0.1) is 19.1 Å². The van der Waals surface area contributed by atoms with Crippen LogP contribution in [0.25, 0.3) is 10.2 Å². The number of thiazole rings is 1. The summed E-state index contributed by atoms with van der Waals surface area (Å²) in [5.74, 6) is 0.795. The summed E-state index contributed by atoms with van der Waals surface area (Å²) >= 11 is 1.30. The molecule has 0 spiro atoms. The molecule has 0 unspecified atom stereocenters. The first-order valence-electron chi connectivity index (χ1n) is 9.90. The third-order valence-corrected chi connectivity index (χ3v) is 7.91. The van der Waals surface area contributed by atoms with Crippen molar-refractivity contribution in [1.29, 1.82) is 0 Å². The second-order valence-electron chi connectivity index (χ2n) is 6.93. The molecule has 0 bridgehead atoms. The highest BCUT2D eigenvalue weighted by atomic mass is 32.2. The Labute approximate surface area is 196 Å². The van der Waals surface area contributed by atoms with Gasteiger partial charge in [0.25, 0.3) is 5.91 Å². The Kier molecular flexibility index (Phi) is 7.52. The molecule has 0 fully saturated rings. The summed E-state index contributed by atoms with van der Waals surface area (Å²) in [5, 5.41) is 0. The molecule has 10 heteroatoms. The fourth-order valence-electron chi connectivity index (χ4n) is 3.26. The summed E-state index contributed by atoms with van der Waals surface area (Å²) in [7, 11) is 1.19. The average Bonchev–Trinajstić information content (AvgIpc) is 3.14. The quantitative estimate of drug-likeness (QED) is 0.432. The molecule has 3 rings (SSSR count). The van der Waals surface area contributed by atoms with Gasteiger partial charge in [-0.2, -0.15) is 9.30 Å². The molecule has 0 aliphatic heterocycles. The second kappa shape index (κ2) is 10.2. The third-order valence-electron chi connectivity index (χ3n) is 4.92. The van der Waals surface area contributed by atoms with Crippen LogP contribution in [0.2, 0.25) is 0 Å². The lowest BCUT2D eigenvalue weighted by molar-refractivity contribution is 0.0998. The van der Waals surface area contributed by atoms with E-state index < -0.39 is 15.9 Å². The maximum Gasteiger partial charge on any atom is 0.279 e. The van der Waals surface area contributed by atoms with Gasteiger partial charge in [-0.15, -0.1) is 13.2 Å². The van der Waals surface area contributed by atoms with E-state index in [1.165, 1.54) is 52.1 Å². The van der Waals surface area contributed by atoms with Crippen molar-refractivity contribution in [3.05, 3.63) is 72.1 Å². The number of hydrogen-bond donors (Lipinski definition) is 0. The number of amides is 1. The predicted octanol–water partition coefficient (Wildman–Crippen LogP) is 3.36. The number of fused-ring (bicyclic) bond motifs is 1. The van der Waals surface area contributed by atoms with Crippen LogP contribution in [0, 0.1) is 0 Å². The van der Waals surface area contributed by atoms with Gasteiger partial charge in [0.1, 0.15) is 21.7 Å². The summed E-state index contributed by atoms with van der Waals surface area (Å²) in [4.78, 5) is 17.6. The fraction of sp³-hybridized carbons (Fsp3) is 0.217. The van der Waals surface area contributed by atoms with E-state index in [1.807, 2.05) is 0 Å². The third kappa shape index (κ3) is 4.77. The SMILES string of the molecule is C=CCN(CC=C)S(=O)(=O)c1ccc(C(=O)N=c2sc3c(OC)ccc(OC)c3n2C)cc1. The number of benzene rings is 2. The van der Waals surface area contributed by atoms with Gasteiger partial charge < -0.3 is 14.0 Å². The van der Waals surface area contributed by atoms with Crippen molar-refractivity contribution in [1.82, 2.24) is 8.87 Å². The fourth-order valence-corrected chi connectivity index (χ4v) is 5.77. The van der Waals surface area contributed by atoms with Gasteiger partial charge in [0.2, 0.25) is 10.0 Å². The van der Waals surface area contributed by atoms with Crippen molar-refractivity contribution in [2.75, 3.05) is 27.3 Å². The number of nitrogens with zero attached hydrogens (tertiary/aromatic N) is 3. The average molecular weight is 488 g/mol. The molecule has 1 heterocycles. The van der Waals surface area contributed by atoms with Gasteiger partial charge in [0.15, 0.2) is 4.80 Å². The van der Waals surface area contributed by atoms with E-state index in [0.717, 1.165) is 10.2 Å². The maximum absolute atomic E-state index is 12.8. The molecule has 1 aromatic heterocycles. The van der Waals surface area contributed by atoms with Crippen molar-refractivity contribution < 1.29 is 22.7 Å². The number of rotatable bonds is 9. The van der Waals surface area contributed by atoms with E-state index >= 15 is 0 Å². The van der Waals surface area contributed by atoms with E-state index in [0.29, 0.717) is 16.3 Å². The summed E-state index contributed by atoms with van der Waals surface area (Å²) in [6.45, 7) is 7.50. The zero-order valence-electron chi connectivity index (χ0n) is 18.6. The molecule has 0 saturated carbocycles. The molecule has 0 aliphatic carbocycles. The molecule has 3 aromatic rings. The van der Waals surface area contributed by atoms with E-state index in [4.69, 9.17) is 9.47 Å². The predicted molar refractivity (Wildman–Crippen MR) is 129 cm³/mol. The largest absolute Gasteiger partial charge is 0.495 e. The first kappa shape index (κ1) is 24.4. The standard InChI is InChI=1S/C23H25N3O5S2/c1-6-14-26(15-7-2)33(28,29)17-10-8-16(9-11-17)22(27)24-23-25(3)20-18(30-4)12-13-19(31-5)21(20)32-23/h6-13H,1-2,14-15H2,3-5H3. The lowest BCUT2D eigenvalue weighted by Gasteiger charge is -2.19. The maximum atomic E-state index is 12.8. The number of hydrogen-bond acceptors (Lipinski definition) is 6. The monoisotopic (exact) mass is 487 g/mol. The Morgan fingerprint density at radius 2 is 1.64 bits per heavy atom. The van der Waals surface area contributed by atoms with Crippen molar-refractivity contribution in [3.63, 3.8) is 0 Å². The topological polar surface area (TPSA) is 90.2 Å². The summed E-state index contributed by atoms with van der Waals surface area (Å²) in [5.41, 5.74) is 1.03. The van der Waals surface area contributed by atoms with Crippen LogP contribution in [0.15, 0.2) is 71.6 Å². The number of ether oxygens (including phenoxy) is 2. The van der Waals surface area contributed by atoms with Gasteiger partial charge in [0, 0.05) is 25.7 Å². The molecule has 8 nitrogen and oxygen atoms in total. The minimum Gasteiger partial charge on any atom is -0.495 e. The molecule has 33 heavy (non-hydrogen) atoms. The van der Waals surface area contributed by atoms with Crippen LogP contribution in [-0.4, -0.2) is 50.5 Å². The van der Waals surface area contributed by atoms with Crippen molar-refractivity contribution in [2.45, 2.75) is 4.90 Å². The van der Waals surface area contributed by atoms with Crippen LogP contribution >= 0.6 is 11.3 Å². The van der Waals surface area contributed by atoms with E-state index in [1.54, 1.807) is 38.0 Å². The Morgan fingerprint density at radius 1 is 1.06 bits per heavy atom. The Morgan fingerprint density at radius 3 is 2.18 bits per heavy atom. The number of aromatic nitrogens is 1. The van der Waals surface area contributed by atoms with E-state index in [-0.39, 0.29) is 23.5 Å². The number of aryl methyl sites for hydroxylation is 1. The number of methoxy groups -OCH3 is 2. The summed E-state index contributed by atoms with van der Waals surface area (Å²) in [6, 6.07) is 9.29. The molecule has 0 aliphatic rings. The number of carbonyl (C=O) groups excluding carboxylic acids is 1. The molecule has 2 aromatic carbocycles. The zero-order chi connectivity index (χ0) is 24.2. The minimum absolute atomic E-state index is 0.0737. The van der Waals surface area contributed by atoms with Gasteiger partial charge in [-0.1, -0.05) is 23.5 Å². The minimum atomic E-state index is -3.75. The molecule has 0 radical (unpaired) electrons. The number of sulfonamides is 1. The van der Waals surface area contributed by atoms with Crippen LogP contribution in [0.4, 0.5) is 0 Å². The lowest BCUT2D eigenvalue weighted by Crippen LogP contribution is -2.31. The second-order valence-corrected chi connectivity index (χ2v) is 9.85. The van der Waals surface area contributed by atoms with Crippen LogP contribution in [0.3, 0.4) is 0 Å². The van der Waals surface area contributed by atoms with E-state index in [9.17, 15) is 13.2 Å². The van der Waals surface area contributed by atoms with Crippen LogP contribution in [0.5, 0.6) is 11.5 Å². The molecular formula is C23H25N3O5S2. The smallest absolute Gasteiger partial charge is 0.279 e. The molecular weight excluding hydrogens is 462 g/mol. The highest BCUT2D eigenvalue weighted by Gasteiger charge is 2.22. The van der Waals surface area contributed by atoms with Crippen molar-refractivity contribution >= 4 is 37.5 Å². The van der Waals surface area contributed by atoms with Gasteiger partial charge in [-0.3, -0.25) is 4.79 Å². The Hall–Kier alpha value is -3.21. The van der Waals surface area contributed by atoms with Crippen LogP contribution < -0.4 is 14.3 Å². The molecule has 0 saturated heterocycles. The molecule has 174 valence electrons. The molecule has 0 atom stereocenters. The van der Waals surface area contributed by atoms with Crippen LogP contribution in [-0.2, 0) is 17.1 Å². The van der Waals surface area contributed by atoms with Crippen LogP contribution in [0.1, 0.15) is 10.4 Å². The first-order chi connectivity index (χ1) is 15.8. The van der Waals surface area contributed by atoms with Gasteiger partial charge >= 0.3 is 0 Å². The molecule has 0 N–H and O–H groups in total. The Bertz CT molecular complexity index is 1360. The highest BCUT2D eigenvalue weighted by molar-refractivity contribution is 7.89. The Balaban J connectivity index is 1.99. The van der Waals surface area contributed by atoms with Crippen molar-refractivity contribution in [2.24, 2.45) is 12.0 Å². The summed E-state index contributed by atoms with van der Waals surface area (Å²) < 4.78 is 40.4.